The van der Waals surface area contributed by atoms with E-state index in [9.17, 15) is 10.1 Å². The van der Waals surface area contributed by atoms with Gasteiger partial charge in [-0.25, -0.2) is 0 Å². The second-order valence-electron chi connectivity index (χ2n) is 2.74. The topological polar surface area (TPSA) is 75.4 Å². The number of nitrogens with one attached hydrogen (secondary N) is 1. The summed E-state index contributed by atoms with van der Waals surface area (Å²) in [6.07, 6.45) is -0.756. The van der Waals surface area contributed by atoms with Gasteiger partial charge in [-0.3, -0.25) is 10.1 Å². The predicted molar refractivity (Wildman–Crippen MR) is 56.1 cm³/mol. The highest BCUT2D eigenvalue weighted by atomic mass is 79.9. The third-order valence-electron chi connectivity index (χ3n) is 1.53. The molecule has 0 aromatic heterocycles. The summed E-state index contributed by atoms with van der Waals surface area (Å²) in [5.74, 6) is 0. The molecule has 0 saturated heterocycles. The van der Waals surface area contributed by atoms with Crippen LogP contribution in [0.5, 0.6) is 0 Å². The first kappa shape index (κ1) is 10.9. The molecule has 0 heterocycles. The second kappa shape index (κ2) is 4.39. The van der Waals surface area contributed by atoms with Crippen LogP contribution in [0.3, 0.4) is 0 Å². The number of aliphatic hydroxyl groups excluding tert-OH is 1. The maximum atomic E-state index is 10.5. The van der Waals surface area contributed by atoms with Gasteiger partial charge in [-0.05, 0) is 28.9 Å². The summed E-state index contributed by atoms with van der Waals surface area (Å²) >= 11 is 3.21. The number of halogens is 1. The zero-order valence-corrected chi connectivity index (χ0v) is 8.98. The third-order valence-corrected chi connectivity index (χ3v) is 2.22. The Morgan fingerprint density at radius 3 is 2.79 bits per heavy atom. The van der Waals surface area contributed by atoms with Gasteiger partial charge in [0.25, 0.3) is 5.69 Å². The number of hydrogen-bond donors (Lipinski definition) is 2. The number of hydrogen-bond acceptors (Lipinski definition) is 4. The lowest BCUT2D eigenvalue weighted by Gasteiger charge is -2.10. The van der Waals surface area contributed by atoms with Crippen LogP contribution in [0.25, 0.3) is 0 Å². The maximum Gasteiger partial charge on any atom is 0.271 e. The zero-order valence-electron chi connectivity index (χ0n) is 7.40. The van der Waals surface area contributed by atoms with Crippen LogP contribution in [0.15, 0.2) is 22.7 Å². The highest BCUT2D eigenvalue weighted by Crippen LogP contribution is 2.27. The average molecular weight is 261 g/mol. The van der Waals surface area contributed by atoms with Crippen molar-refractivity contribution in [3.05, 3.63) is 32.8 Å². The molecule has 6 heteroatoms. The van der Waals surface area contributed by atoms with Crippen LogP contribution in [-0.4, -0.2) is 16.3 Å². The van der Waals surface area contributed by atoms with Gasteiger partial charge in [0.2, 0.25) is 0 Å². The van der Waals surface area contributed by atoms with Gasteiger partial charge in [0.05, 0.1) is 10.6 Å². The Kier molecular flexibility index (Phi) is 3.43. The van der Waals surface area contributed by atoms with E-state index in [4.69, 9.17) is 5.11 Å². The van der Waals surface area contributed by atoms with Gasteiger partial charge in [-0.15, -0.1) is 0 Å². The quantitative estimate of drug-likeness (QED) is 0.496. The van der Waals surface area contributed by atoms with Gasteiger partial charge >= 0.3 is 0 Å². The smallest absolute Gasteiger partial charge is 0.271 e. The first-order valence-electron chi connectivity index (χ1n) is 3.89. The molecule has 5 nitrogen and oxygen atoms in total. The van der Waals surface area contributed by atoms with Gasteiger partial charge in [0.15, 0.2) is 0 Å². The minimum absolute atomic E-state index is 0.0173. The molecule has 0 bridgehead atoms. The summed E-state index contributed by atoms with van der Waals surface area (Å²) in [6.45, 7) is 1.53. The molecule has 2 N–H and O–H groups in total. The molecule has 0 fully saturated rings. The van der Waals surface area contributed by atoms with E-state index >= 15 is 0 Å². The molecule has 0 spiro atoms. The largest absolute Gasteiger partial charge is 0.374 e. The molecule has 1 aromatic rings. The molecule has 1 atom stereocenters. The molecule has 0 aliphatic carbocycles. The Hall–Kier alpha value is -1.14. The van der Waals surface area contributed by atoms with Crippen LogP contribution in [-0.2, 0) is 0 Å². The first-order valence-corrected chi connectivity index (χ1v) is 4.68. The van der Waals surface area contributed by atoms with Crippen molar-refractivity contribution in [3.63, 3.8) is 0 Å². The van der Waals surface area contributed by atoms with E-state index in [0.29, 0.717) is 10.2 Å². The molecule has 1 aromatic carbocycles. The van der Waals surface area contributed by atoms with Gasteiger partial charge in [-0.1, -0.05) is 0 Å². The van der Waals surface area contributed by atoms with Crippen LogP contribution < -0.4 is 5.32 Å². The standard InChI is InChI=1S/C8H9BrN2O3/c1-5(12)10-8-4-6(11(13)14)2-3-7(8)9/h2-5,10,12H,1H3. The number of benzene rings is 1. The van der Waals surface area contributed by atoms with E-state index in [1.54, 1.807) is 6.07 Å². The lowest BCUT2D eigenvalue weighted by Crippen LogP contribution is -2.13. The van der Waals surface area contributed by atoms with Crippen LogP contribution in [0.1, 0.15) is 6.92 Å². The molecule has 0 aliphatic rings. The number of nitro benzene ring substituents is 1. The summed E-state index contributed by atoms with van der Waals surface area (Å²) in [6, 6.07) is 4.30. The molecule has 14 heavy (non-hydrogen) atoms. The van der Waals surface area contributed by atoms with Crippen LogP contribution in [0.2, 0.25) is 0 Å². The van der Waals surface area contributed by atoms with Crippen molar-refractivity contribution >= 4 is 27.3 Å². The van der Waals surface area contributed by atoms with E-state index in [0.717, 1.165) is 0 Å². The van der Waals surface area contributed by atoms with Crippen molar-refractivity contribution in [2.24, 2.45) is 0 Å². The van der Waals surface area contributed by atoms with E-state index in [1.807, 2.05) is 0 Å². The average Bonchev–Trinajstić information content (AvgIpc) is 2.07. The lowest BCUT2D eigenvalue weighted by atomic mass is 10.3. The molecule has 0 saturated carbocycles. The van der Waals surface area contributed by atoms with Crippen molar-refractivity contribution in [1.82, 2.24) is 0 Å². The van der Waals surface area contributed by atoms with Crippen LogP contribution in [0, 0.1) is 10.1 Å². The third kappa shape index (κ3) is 2.68. The predicted octanol–water partition coefficient (Wildman–Crippen LogP) is 2.11. The minimum Gasteiger partial charge on any atom is -0.374 e. The first-order chi connectivity index (χ1) is 6.50. The summed E-state index contributed by atoms with van der Waals surface area (Å²) < 4.78 is 0.670. The number of anilines is 1. The molecule has 1 unspecified atom stereocenters. The molecule has 76 valence electrons. The molecule has 0 aliphatic heterocycles. The summed E-state index contributed by atoms with van der Waals surface area (Å²) in [5, 5.41) is 22.2. The number of nitro groups is 1. The number of nitrogens with zero attached hydrogens (tertiary/aromatic N) is 1. The van der Waals surface area contributed by atoms with Gasteiger partial charge in [0, 0.05) is 16.6 Å². The second-order valence-corrected chi connectivity index (χ2v) is 3.60. The summed E-state index contributed by atoms with van der Waals surface area (Å²) in [7, 11) is 0. The monoisotopic (exact) mass is 260 g/mol. The van der Waals surface area contributed by atoms with Crippen molar-refractivity contribution in [2.75, 3.05) is 5.32 Å². The van der Waals surface area contributed by atoms with Gasteiger partial charge in [-0.2, -0.15) is 0 Å². The number of non-ortho nitro benzene ring substituents is 1. The van der Waals surface area contributed by atoms with Crippen molar-refractivity contribution < 1.29 is 10.0 Å². The van der Waals surface area contributed by atoms with Gasteiger partial charge < -0.3 is 10.4 Å². The Labute approximate surface area is 89.0 Å². The molecule has 0 radical (unpaired) electrons. The van der Waals surface area contributed by atoms with Crippen molar-refractivity contribution in [2.45, 2.75) is 13.2 Å². The molecular weight excluding hydrogens is 252 g/mol. The minimum atomic E-state index is -0.756. The number of aliphatic hydroxyl groups is 1. The number of rotatable bonds is 3. The zero-order chi connectivity index (χ0) is 10.7. The highest BCUT2D eigenvalue weighted by molar-refractivity contribution is 9.10. The Balaban J connectivity index is 3.02. The SMILES string of the molecule is CC(O)Nc1cc([N+](=O)[O-])ccc1Br. The fraction of sp³-hybridized carbons (Fsp3) is 0.250. The summed E-state index contributed by atoms with van der Waals surface area (Å²) in [4.78, 5) is 9.96. The highest BCUT2D eigenvalue weighted by Gasteiger charge is 2.09. The van der Waals surface area contributed by atoms with E-state index in [-0.39, 0.29) is 5.69 Å². The van der Waals surface area contributed by atoms with E-state index in [2.05, 4.69) is 21.2 Å². The Morgan fingerprint density at radius 2 is 2.29 bits per heavy atom. The molecule has 0 amide bonds. The molecule has 1 rings (SSSR count). The van der Waals surface area contributed by atoms with E-state index in [1.165, 1.54) is 19.1 Å². The maximum absolute atomic E-state index is 10.5. The lowest BCUT2D eigenvalue weighted by molar-refractivity contribution is -0.384. The van der Waals surface area contributed by atoms with Crippen LogP contribution in [0.4, 0.5) is 11.4 Å². The van der Waals surface area contributed by atoms with Gasteiger partial charge in [0.1, 0.15) is 6.23 Å². The van der Waals surface area contributed by atoms with E-state index < -0.39 is 11.2 Å². The fourth-order valence-corrected chi connectivity index (χ4v) is 1.32. The summed E-state index contributed by atoms with van der Waals surface area (Å²) in [5.41, 5.74) is 0.477. The Morgan fingerprint density at radius 1 is 1.64 bits per heavy atom. The normalized spacial score (nSPS) is 12.2. The Bertz CT molecular complexity index is 354. The van der Waals surface area contributed by atoms with Crippen molar-refractivity contribution in [1.29, 1.82) is 0 Å². The fourth-order valence-electron chi connectivity index (χ4n) is 0.962. The van der Waals surface area contributed by atoms with Crippen LogP contribution >= 0.6 is 15.9 Å². The van der Waals surface area contributed by atoms with Crippen molar-refractivity contribution in [3.8, 4) is 0 Å². The molecular formula is C8H9BrN2O3.